The van der Waals surface area contributed by atoms with Crippen molar-refractivity contribution in [3.63, 3.8) is 0 Å². The molecule has 0 spiro atoms. The molecule has 0 aliphatic rings. The molecule has 0 unspecified atom stereocenters. The highest BCUT2D eigenvalue weighted by Gasteiger charge is 2.22. The van der Waals surface area contributed by atoms with E-state index in [0.29, 0.717) is 41.7 Å². The van der Waals surface area contributed by atoms with Gasteiger partial charge in [-0.05, 0) is 61.7 Å². The fourth-order valence-electron chi connectivity index (χ4n) is 3.25. The summed E-state index contributed by atoms with van der Waals surface area (Å²) in [5.74, 6) is 1.05. The number of carbonyl (C=O) groups is 1. The van der Waals surface area contributed by atoms with Crippen LogP contribution in [-0.2, 0) is 26.8 Å². The lowest BCUT2D eigenvalue weighted by molar-refractivity contribution is -0.116. The number of nitrogens with zero attached hydrogens (tertiary/aromatic N) is 1. The fraction of sp³-hybridized carbons (Fsp3) is 0.360. The average Bonchev–Trinajstić information content (AvgIpc) is 3.16. The largest absolute Gasteiger partial charge is 0.497 e. The minimum Gasteiger partial charge on any atom is -0.497 e. The minimum atomic E-state index is -3.67. The number of hydrogen-bond donors (Lipinski definition) is 0. The molecule has 0 fully saturated rings. The monoisotopic (exact) mass is 471 g/mol. The van der Waals surface area contributed by atoms with Crippen LogP contribution in [0.2, 0.25) is 0 Å². The minimum absolute atomic E-state index is 0.156. The first-order valence-electron chi connectivity index (χ1n) is 10.8. The standard InChI is InChI=1S/C25H29NO6S/c1-4-15-31-23-11-6-19(7-12-23)5-10-21(27)16-33(28,29)17-24-18(2)32-25(26-24)20-8-13-22(30-3)14-9-20/h6-9,11-14H,4-5,10,15-17H2,1-3H3. The molecule has 3 aromatic rings. The van der Waals surface area contributed by atoms with E-state index in [2.05, 4.69) is 4.98 Å². The van der Waals surface area contributed by atoms with Crippen molar-refractivity contribution in [1.29, 1.82) is 0 Å². The summed E-state index contributed by atoms with van der Waals surface area (Å²) in [5, 5.41) is 0. The molecule has 0 atom stereocenters. The van der Waals surface area contributed by atoms with Gasteiger partial charge < -0.3 is 13.9 Å². The molecule has 1 aromatic heterocycles. The number of Topliss-reactive ketones (excluding diaryl/α,β-unsaturated/α-hetero) is 1. The van der Waals surface area contributed by atoms with E-state index in [4.69, 9.17) is 13.9 Å². The van der Waals surface area contributed by atoms with Crippen LogP contribution in [0.25, 0.3) is 11.5 Å². The van der Waals surface area contributed by atoms with Crippen molar-refractivity contribution in [2.45, 2.75) is 38.9 Å². The third-order valence-corrected chi connectivity index (χ3v) is 6.53. The Hall–Kier alpha value is -3.13. The molecule has 0 aliphatic heterocycles. The second-order valence-electron chi connectivity index (χ2n) is 7.81. The molecule has 0 saturated carbocycles. The van der Waals surface area contributed by atoms with Crippen molar-refractivity contribution in [3.8, 4) is 23.0 Å². The number of aryl methyl sites for hydroxylation is 2. The lowest BCUT2D eigenvalue weighted by Gasteiger charge is -2.06. The second kappa shape index (κ2) is 11.1. The first-order valence-corrected chi connectivity index (χ1v) is 12.7. The smallest absolute Gasteiger partial charge is 0.226 e. The zero-order valence-corrected chi connectivity index (χ0v) is 20.0. The number of sulfone groups is 1. The number of methoxy groups -OCH3 is 1. The summed E-state index contributed by atoms with van der Waals surface area (Å²) in [6, 6.07) is 14.6. The summed E-state index contributed by atoms with van der Waals surface area (Å²) in [7, 11) is -2.09. The summed E-state index contributed by atoms with van der Waals surface area (Å²) >= 11 is 0. The molecule has 0 amide bonds. The molecule has 0 N–H and O–H groups in total. The van der Waals surface area contributed by atoms with E-state index in [1.807, 2.05) is 31.2 Å². The van der Waals surface area contributed by atoms with Crippen molar-refractivity contribution < 1.29 is 27.1 Å². The highest BCUT2D eigenvalue weighted by Crippen LogP contribution is 2.25. The van der Waals surface area contributed by atoms with Crippen LogP contribution >= 0.6 is 0 Å². The van der Waals surface area contributed by atoms with Gasteiger partial charge in [0.2, 0.25) is 5.89 Å². The molecule has 0 bridgehead atoms. The maximum Gasteiger partial charge on any atom is 0.226 e. The van der Waals surface area contributed by atoms with Gasteiger partial charge in [-0.1, -0.05) is 19.1 Å². The van der Waals surface area contributed by atoms with Gasteiger partial charge in [0.05, 0.1) is 25.2 Å². The van der Waals surface area contributed by atoms with Gasteiger partial charge in [0.25, 0.3) is 0 Å². The SMILES string of the molecule is CCCOc1ccc(CCC(=O)CS(=O)(=O)Cc2nc(-c3ccc(OC)cc3)oc2C)cc1. The van der Waals surface area contributed by atoms with Crippen molar-refractivity contribution >= 4 is 15.6 Å². The molecule has 1 heterocycles. The van der Waals surface area contributed by atoms with Crippen molar-refractivity contribution in [3.05, 3.63) is 65.5 Å². The Bertz CT molecular complexity index is 1160. The van der Waals surface area contributed by atoms with Gasteiger partial charge in [0.15, 0.2) is 9.84 Å². The molecule has 0 aliphatic carbocycles. The highest BCUT2D eigenvalue weighted by atomic mass is 32.2. The number of benzene rings is 2. The molecular formula is C25H29NO6S. The second-order valence-corrected chi connectivity index (χ2v) is 9.88. The van der Waals surface area contributed by atoms with Gasteiger partial charge in [0.1, 0.15) is 28.8 Å². The van der Waals surface area contributed by atoms with Crippen LogP contribution in [0, 0.1) is 6.92 Å². The summed E-state index contributed by atoms with van der Waals surface area (Å²) in [6.45, 7) is 4.36. The Morgan fingerprint density at radius 1 is 1.03 bits per heavy atom. The summed E-state index contributed by atoms with van der Waals surface area (Å²) < 4.78 is 41.6. The predicted octanol–water partition coefficient (Wildman–Crippen LogP) is 4.56. The maximum absolute atomic E-state index is 12.6. The van der Waals surface area contributed by atoms with Gasteiger partial charge in [-0.15, -0.1) is 0 Å². The van der Waals surface area contributed by atoms with E-state index in [-0.39, 0.29) is 18.0 Å². The Kier molecular flexibility index (Phi) is 8.27. The number of rotatable bonds is 12. The molecule has 7 nitrogen and oxygen atoms in total. The summed E-state index contributed by atoms with van der Waals surface area (Å²) in [5.41, 5.74) is 1.99. The van der Waals surface area contributed by atoms with Gasteiger partial charge >= 0.3 is 0 Å². The number of hydrogen-bond acceptors (Lipinski definition) is 7. The number of ether oxygens (including phenoxy) is 2. The molecule has 8 heteroatoms. The van der Waals surface area contributed by atoms with Crippen LogP contribution in [0.4, 0.5) is 0 Å². The van der Waals surface area contributed by atoms with Crippen LogP contribution in [0.5, 0.6) is 11.5 Å². The maximum atomic E-state index is 12.6. The van der Waals surface area contributed by atoms with E-state index < -0.39 is 15.6 Å². The van der Waals surface area contributed by atoms with Gasteiger partial charge in [-0.3, -0.25) is 4.79 Å². The number of carbonyl (C=O) groups excluding carboxylic acids is 1. The number of oxazole rings is 1. The molecule has 33 heavy (non-hydrogen) atoms. The van der Waals surface area contributed by atoms with Gasteiger partial charge in [-0.25, -0.2) is 13.4 Å². The van der Waals surface area contributed by atoms with Crippen molar-refractivity contribution in [2.75, 3.05) is 19.5 Å². The quantitative estimate of drug-likeness (QED) is 0.382. The Labute approximate surface area is 194 Å². The van der Waals surface area contributed by atoms with E-state index in [1.54, 1.807) is 38.3 Å². The fourth-order valence-corrected chi connectivity index (χ4v) is 4.67. The summed E-state index contributed by atoms with van der Waals surface area (Å²) in [6.07, 6.45) is 1.57. The first kappa shape index (κ1) is 24.5. The Morgan fingerprint density at radius 3 is 2.33 bits per heavy atom. The van der Waals surface area contributed by atoms with Crippen LogP contribution in [0.3, 0.4) is 0 Å². The molecule has 176 valence electrons. The summed E-state index contributed by atoms with van der Waals surface area (Å²) in [4.78, 5) is 16.7. The van der Waals surface area contributed by atoms with Crippen LogP contribution < -0.4 is 9.47 Å². The molecular weight excluding hydrogens is 442 g/mol. The van der Waals surface area contributed by atoms with Gasteiger partial charge in [0, 0.05) is 12.0 Å². The van der Waals surface area contributed by atoms with Crippen molar-refractivity contribution in [2.24, 2.45) is 0 Å². The Morgan fingerprint density at radius 2 is 1.70 bits per heavy atom. The first-order chi connectivity index (χ1) is 15.8. The zero-order chi connectivity index (χ0) is 23.8. The predicted molar refractivity (Wildman–Crippen MR) is 126 cm³/mol. The number of aromatic nitrogens is 1. The van der Waals surface area contributed by atoms with Crippen LogP contribution in [-0.4, -0.2) is 38.7 Å². The van der Waals surface area contributed by atoms with Gasteiger partial charge in [-0.2, -0.15) is 0 Å². The average molecular weight is 472 g/mol. The molecule has 0 saturated heterocycles. The van der Waals surface area contributed by atoms with E-state index >= 15 is 0 Å². The van der Waals surface area contributed by atoms with E-state index in [0.717, 1.165) is 17.7 Å². The van der Waals surface area contributed by atoms with E-state index in [9.17, 15) is 13.2 Å². The number of ketones is 1. The zero-order valence-electron chi connectivity index (χ0n) is 19.2. The van der Waals surface area contributed by atoms with Crippen molar-refractivity contribution in [1.82, 2.24) is 4.98 Å². The van der Waals surface area contributed by atoms with Crippen LogP contribution in [0.1, 0.15) is 36.8 Å². The third-order valence-electron chi connectivity index (χ3n) is 5.06. The lowest BCUT2D eigenvalue weighted by Crippen LogP contribution is -2.18. The van der Waals surface area contributed by atoms with E-state index in [1.165, 1.54) is 0 Å². The molecule has 3 rings (SSSR count). The topological polar surface area (TPSA) is 95.7 Å². The van der Waals surface area contributed by atoms with Crippen LogP contribution in [0.15, 0.2) is 52.9 Å². The highest BCUT2D eigenvalue weighted by molar-refractivity contribution is 7.91. The lowest BCUT2D eigenvalue weighted by atomic mass is 10.1. The Balaban J connectivity index is 1.56. The molecule has 2 aromatic carbocycles. The molecule has 0 radical (unpaired) electrons. The third kappa shape index (κ3) is 7.18. The normalized spacial score (nSPS) is 11.4.